The van der Waals surface area contributed by atoms with E-state index in [2.05, 4.69) is 10.4 Å². The van der Waals surface area contributed by atoms with E-state index in [0.29, 0.717) is 30.8 Å². The lowest BCUT2D eigenvalue weighted by atomic mass is 9.83. The molecule has 0 aromatic carbocycles. The molecule has 3 heterocycles. The summed E-state index contributed by atoms with van der Waals surface area (Å²) in [5.41, 5.74) is -0.856. The minimum atomic E-state index is -0.765. The van der Waals surface area contributed by atoms with Gasteiger partial charge in [-0.05, 0) is 57.4 Å². The summed E-state index contributed by atoms with van der Waals surface area (Å²) < 4.78 is 2.63. The lowest BCUT2D eigenvalue weighted by Gasteiger charge is -2.37. The van der Waals surface area contributed by atoms with Crippen molar-refractivity contribution in [2.75, 3.05) is 13.1 Å². The second-order valence-electron chi connectivity index (χ2n) is 10.7. The Morgan fingerprint density at radius 1 is 1.23 bits per heavy atom. The van der Waals surface area contributed by atoms with Crippen LogP contribution in [0.4, 0.5) is 0 Å². The maximum absolute atomic E-state index is 13.3. The SMILES string of the molecule is CC(C)Cn1c(=O)c(C(=O)NC2CC2)c(O)n2ncc(C=CC(=O)N3CCC(C(C)(C)O)CC3)c12. The third-order valence-electron chi connectivity index (χ3n) is 6.81. The highest BCUT2D eigenvalue weighted by molar-refractivity contribution is 5.97. The van der Waals surface area contributed by atoms with Crippen molar-refractivity contribution in [3.8, 4) is 5.88 Å². The smallest absolute Gasteiger partial charge is 0.270 e. The van der Waals surface area contributed by atoms with E-state index >= 15 is 0 Å². The first-order valence-corrected chi connectivity index (χ1v) is 12.3. The molecule has 2 aromatic heterocycles. The fourth-order valence-electron chi connectivity index (χ4n) is 4.62. The molecule has 1 aliphatic heterocycles. The summed E-state index contributed by atoms with van der Waals surface area (Å²) >= 11 is 0. The van der Waals surface area contributed by atoms with Gasteiger partial charge in [-0.3, -0.25) is 19.0 Å². The molecule has 2 aromatic rings. The van der Waals surface area contributed by atoms with Crippen molar-refractivity contribution in [3.63, 3.8) is 0 Å². The summed E-state index contributed by atoms with van der Waals surface area (Å²) in [5, 5.41) is 28.0. The van der Waals surface area contributed by atoms with Crippen molar-refractivity contribution in [2.45, 2.75) is 71.6 Å². The summed E-state index contributed by atoms with van der Waals surface area (Å²) in [6.45, 7) is 8.94. The average Bonchev–Trinajstić information content (AvgIpc) is 3.49. The minimum absolute atomic E-state index is 0.0335. The third kappa shape index (κ3) is 5.27. The first kappa shape index (κ1) is 25.0. The van der Waals surface area contributed by atoms with Crippen LogP contribution in [0, 0.1) is 11.8 Å². The van der Waals surface area contributed by atoms with Crippen LogP contribution >= 0.6 is 0 Å². The number of hydrogen-bond acceptors (Lipinski definition) is 6. The molecular formula is C25H35N5O5. The zero-order valence-corrected chi connectivity index (χ0v) is 20.8. The van der Waals surface area contributed by atoms with Crippen LogP contribution in [0.2, 0.25) is 0 Å². The molecule has 2 fully saturated rings. The van der Waals surface area contributed by atoms with E-state index in [0.717, 1.165) is 25.7 Å². The van der Waals surface area contributed by atoms with Crippen LogP contribution in [0.1, 0.15) is 69.3 Å². The molecule has 0 spiro atoms. The highest BCUT2D eigenvalue weighted by Gasteiger charge is 2.32. The molecule has 0 unspecified atom stereocenters. The summed E-state index contributed by atoms with van der Waals surface area (Å²) in [6.07, 6.45) is 7.67. The molecule has 0 bridgehead atoms. The monoisotopic (exact) mass is 485 g/mol. The third-order valence-corrected chi connectivity index (χ3v) is 6.81. The number of carbonyl (C=O) groups excluding carboxylic acids is 2. The largest absolute Gasteiger partial charge is 0.492 e. The van der Waals surface area contributed by atoms with E-state index in [4.69, 9.17) is 0 Å². The Labute approximate surface area is 204 Å². The van der Waals surface area contributed by atoms with Gasteiger partial charge in [-0.15, -0.1) is 0 Å². The van der Waals surface area contributed by atoms with E-state index in [1.54, 1.807) is 24.8 Å². The number of hydrogen-bond donors (Lipinski definition) is 3. The maximum atomic E-state index is 13.3. The molecule has 10 nitrogen and oxygen atoms in total. The molecule has 190 valence electrons. The van der Waals surface area contributed by atoms with Crippen LogP contribution in [-0.4, -0.2) is 65.8 Å². The van der Waals surface area contributed by atoms with Crippen molar-refractivity contribution >= 4 is 23.5 Å². The maximum Gasteiger partial charge on any atom is 0.270 e. The molecule has 1 saturated carbocycles. The molecule has 35 heavy (non-hydrogen) atoms. The lowest BCUT2D eigenvalue weighted by molar-refractivity contribution is -0.128. The van der Waals surface area contributed by atoms with Gasteiger partial charge in [0.15, 0.2) is 5.56 Å². The predicted molar refractivity (Wildman–Crippen MR) is 131 cm³/mol. The van der Waals surface area contributed by atoms with Gasteiger partial charge in [0.25, 0.3) is 11.5 Å². The number of rotatable bonds is 7. The standard InChI is InChI=1S/C25H35N5O5/c1-15(2)14-29-22-16(5-8-19(31)28-11-9-17(10-12-28)25(3,4)35)13-26-30(22)24(34)20(23(29)33)21(32)27-18-6-7-18/h5,8,13,15,17-18,34-35H,6-7,9-12,14H2,1-4H3,(H,27,32). The second kappa shape index (κ2) is 9.49. The van der Waals surface area contributed by atoms with E-state index in [1.165, 1.54) is 21.4 Å². The Kier molecular flexibility index (Phi) is 6.77. The second-order valence-corrected chi connectivity index (χ2v) is 10.7. The van der Waals surface area contributed by atoms with E-state index in [1.807, 2.05) is 13.8 Å². The Bertz CT molecular complexity index is 1210. The molecule has 0 radical (unpaired) electrons. The normalized spacial score (nSPS) is 17.6. The minimum Gasteiger partial charge on any atom is -0.492 e. The van der Waals surface area contributed by atoms with Gasteiger partial charge in [0.2, 0.25) is 11.8 Å². The highest BCUT2D eigenvalue weighted by atomic mass is 16.3. The van der Waals surface area contributed by atoms with Gasteiger partial charge >= 0.3 is 0 Å². The topological polar surface area (TPSA) is 129 Å². The fraction of sp³-hybridized carbons (Fsp3) is 0.600. The van der Waals surface area contributed by atoms with Crippen LogP contribution in [0.3, 0.4) is 0 Å². The molecule has 0 atom stereocenters. The van der Waals surface area contributed by atoms with Gasteiger partial charge in [0.05, 0.1) is 11.8 Å². The Hall–Kier alpha value is -3.14. The predicted octanol–water partition coefficient (Wildman–Crippen LogP) is 1.77. The molecule has 2 aliphatic rings. The quantitative estimate of drug-likeness (QED) is 0.513. The number of nitrogens with one attached hydrogen (secondary N) is 1. The number of fused-ring (bicyclic) bond motifs is 1. The zero-order valence-electron chi connectivity index (χ0n) is 20.8. The Balaban J connectivity index is 1.63. The zero-order chi connectivity index (χ0) is 25.5. The van der Waals surface area contributed by atoms with Crippen LogP contribution < -0.4 is 10.9 Å². The van der Waals surface area contributed by atoms with Gasteiger partial charge in [-0.25, -0.2) is 0 Å². The highest BCUT2D eigenvalue weighted by Crippen LogP contribution is 2.28. The van der Waals surface area contributed by atoms with Gasteiger partial charge < -0.3 is 20.4 Å². The van der Waals surface area contributed by atoms with Crippen LogP contribution in [0.5, 0.6) is 5.88 Å². The molecule has 10 heteroatoms. The van der Waals surface area contributed by atoms with Crippen LogP contribution in [-0.2, 0) is 11.3 Å². The van der Waals surface area contributed by atoms with Crippen molar-refractivity contribution in [1.82, 2.24) is 24.4 Å². The number of amides is 2. The number of aromatic hydroxyl groups is 1. The number of carbonyl (C=O) groups is 2. The first-order chi connectivity index (χ1) is 16.5. The summed E-state index contributed by atoms with van der Waals surface area (Å²) in [5.74, 6) is -1.05. The van der Waals surface area contributed by atoms with Gasteiger partial charge in [0.1, 0.15) is 5.65 Å². The van der Waals surface area contributed by atoms with E-state index in [9.17, 15) is 24.6 Å². The van der Waals surface area contributed by atoms with E-state index < -0.39 is 22.9 Å². The summed E-state index contributed by atoms with van der Waals surface area (Å²) in [4.78, 5) is 40.6. The summed E-state index contributed by atoms with van der Waals surface area (Å²) in [7, 11) is 0. The van der Waals surface area contributed by atoms with Crippen molar-refractivity contribution in [2.24, 2.45) is 11.8 Å². The molecule has 4 rings (SSSR count). The average molecular weight is 486 g/mol. The van der Waals surface area contributed by atoms with Gasteiger partial charge in [-0.1, -0.05) is 13.8 Å². The molecular weight excluding hydrogens is 450 g/mol. The number of nitrogens with zero attached hydrogens (tertiary/aromatic N) is 4. The van der Waals surface area contributed by atoms with Crippen molar-refractivity contribution < 1.29 is 19.8 Å². The molecule has 2 amide bonds. The Morgan fingerprint density at radius 2 is 1.89 bits per heavy atom. The first-order valence-electron chi connectivity index (χ1n) is 12.3. The lowest BCUT2D eigenvalue weighted by Crippen LogP contribution is -2.43. The number of likely N-dealkylation sites (tertiary alicyclic amines) is 1. The van der Waals surface area contributed by atoms with Crippen LogP contribution in [0.25, 0.3) is 11.7 Å². The fourth-order valence-corrected chi connectivity index (χ4v) is 4.62. The van der Waals surface area contributed by atoms with Crippen molar-refractivity contribution in [3.05, 3.63) is 33.8 Å². The van der Waals surface area contributed by atoms with Gasteiger partial charge in [-0.2, -0.15) is 9.61 Å². The van der Waals surface area contributed by atoms with Gasteiger partial charge in [0, 0.05) is 37.3 Å². The van der Waals surface area contributed by atoms with Crippen LogP contribution in [0.15, 0.2) is 17.1 Å². The number of aromatic nitrogens is 3. The van der Waals surface area contributed by atoms with E-state index in [-0.39, 0.29) is 29.3 Å². The molecule has 1 aliphatic carbocycles. The number of piperidine rings is 1. The number of aliphatic hydroxyl groups is 1. The Morgan fingerprint density at radius 3 is 2.46 bits per heavy atom. The van der Waals surface area contributed by atoms with Crippen molar-refractivity contribution in [1.29, 1.82) is 0 Å². The summed E-state index contributed by atoms with van der Waals surface area (Å²) in [6, 6.07) is 0.0335. The molecule has 3 N–H and O–H groups in total. The molecule has 1 saturated heterocycles.